The Labute approximate surface area is 142 Å². The summed E-state index contributed by atoms with van der Waals surface area (Å²) in [6, 6.07) is 16.6. The van der Waals surface area contributed by atoms with E-state index >= 15 is 0 Å². The summed E-state index contributed by atoms with van der Waals surface area (Å²) in [6.45, 7) is 5.96. The predicted molar refractivity (Wildman–Crippen MR) is 97.9 cm³/mol. The van der Waals surface area contributed by atoms with Crippen LogP contribution in [0, 0.1) is 5.41 Å². The van der Waals surface area contributed by atoms with Crippen molar-refractivity contribution in [3.63, 3.8) is 0 Å². The van der Waals surface area contributed by atoms with Gasteiger partial charge in [-0.15, -0.1) is 0 Å². The fourth-order valence-corrected chi connectivity index (χ4v) is 3.17. The Hall–Kier alpha value is -2.17. The molecule has 1 aromatic heterocycles. The van der Waals surface area contributed by atoms with Gasteiger partial charge in [0.05, 0.1) is 11.7 Å². The molecule has 126 valence electrons. The summed E-state index contributed by atoms with van der Waals surface area (Å²) in [5, 5.41) is 21.7. The Bertz CT molecular complexity index is 780. The molecule has 0 aliphatic carbocycles. The number of fused-ring (bicyclic) bond motifs is 1. The quantitative estimate of drug-likeness (QED) is 0.624. The molecule has 0 amide bonds. The lowest BCUT2D eigenvalue weighted by Crippen LogP contribution is -2.34. The molecular formula is C20H25N3O. The van der Waals surface area contributed by atoms with Gasteiger partial charge in [0.1, 0.15) is 0 Å². The smallest absolute Gasteiger partial charge is 0.0695 e. The summed E-state index contributed by atoms with van der Waals surface area (Å²) in [4.78, 5) is 0. The highest BCUT2D eigenvalue weighted by Gasteiger charge is 2.29. The van der Waals surface area contributed by atoms with Crippen molar-refractivity contribution < 1.29 is 5.11 Å². The fraction of sp³-hybridized carbons (Fsp3) is 0.350. The minimum absolute atomic E-state index is 0.157. The molecule has 1 unspecified atom stereocenters. The lowest BCUT2D eigenvalue weighted by atomic mass is 9.75. The minimum Gasteiger partial charge on any atom is -0.396 e. The van der Waals surface area contributed by atoms with Crippen LogP contribution in [0.15, 0.2) is 54.7 Å². The van der Waals surface area contributed by atoms with Gasteiger partial charge >= 0.3 is 0 Å². The van der Waals surface area contributed by atoms with Crippen LogP contribution in [0.1, 0.15) is 30.9 Å². The molecule has 3 rings (SSSR count). The molecule has 0 aliphatic rings. The summed E-state index contributed by atoms with van der Waals surface area (Å²) < 4.78 is 0. The Morgan fingerprint density at radius 3 is 2.67 bits per heavy atom. The molecular weight excluding hydrogens is 298 g/mol. The number of para-hydroxylation sites is 1. The Morgan fingerprint density at radius 2 is 1.92 bits per heavy atom. The molecule has 2 aromatic carbocycles. The molecule has 0 bridgehead atoms. The third-order valence-electron chi connectivity index (χ3n) is 4.78. The van der Waals surface area contributed by atoms with Crippen LogP contribution < -0.4 is 5.32 Å². The van der Waals surface area contributed by atoms with Crippen LogP contribution in [0.3, 0.4) is 0 Å². The number of aliphatic hydroxyl groups excluding tert-OH is 1. The molecule has 0 saturated heterocycles. The molecule has 3 N–H and O–H groups in total. The van der Waals surface area contributed by atoms with E-state index in [1.807, 2.05) is 12.3 Å². The average molecular weight is 323 g/mol. The summed E-state index contributed by atoms with van der Waals surface area (Å²) >= 11 is 0. The van der Waals surface area contributed by atoms with E-state index < -0.39 is 0 Å². The van der Waals surface area contributed by atoms with Crippen LogP contribution in [0.2, 0.25) is 0 Å². The molecule has 3 aromatic rings. The molecule has 1 heterocycles. The first-order valence-corrected chi connectivity index (χ1v) is 8.39. The average Bonchev–Trinajstić information content (AvgIpc) is 3.08. The van der Waals surface area contributed by atoms with Crippen molar-refractivity contribution in [2.24, 2.45) is 5.41 Å². The molecule has 0 saturated carbocycles. The van der Waals surface area contributed by atoms with E-state index in [1.54, 1.807) is 0 Å². The van der Waals surface area contributed by atoms with E-state index in [-0.39, 0.29) is 17.9 Å². The van der Waals surface area contributed by atoms with Crippen LogP contribution in [0.25, 0.3) is 10.9 Å². The highest BCUT2D eigenvalue weighted by atomic mass is 16.3. The zero-order valence-corrected chi connectivity index (χ0v) is 14.3. The van der Waals surface area contributed by atoms with Crippen LogP contribution in [0.5, 0.6) is 0 Å². The van der Waals surface area contributed by atoms with Crippen molar-refractivity contribution in [2.75, 3.05) is 13.2 Å². The first-order valence-electron chi connectivity index (χ1n) is 8.39. The molecule has 0 fully saturated rings. The van der Waals surface area contributed by atoms with Gasteiger partial charge in [0.2, 0.25) is 0 Å². The highest BCUT2D eigenvalue weighted by molar-refractivity contribution is 5.81. The van der Waals surface area contributed by atoms with E-state index in [0.29, 0.717) is 0 Å². The number of nitrogens with one attached hydrogen (secondary N) is 2. The Balaban J connectivity index is 1.73. The SMILES string of the molecule is CC(C)(CO)C(CNCc1cccc2cn[nH]c12)c1ccccc1. The van der Waals surface area contributed by atoms with Gasteiger partial charge in [-0.1, -0.05) is 62.4 Å². The van der Waals surface area contributed by atoms with Crippen molar-refractivity contribution >= 4 is 10.9 Å². The van der Waals surface area contributed by atoms with Crippen molar-refractivity contribution in [2.45, 2.75) is 26.3 Å². The second-order valence-corrected chi connectivity index (χ2v) is 6.99. The van der Waals surface area contributed by atoms with Gasteiger partial charge in [-0.3, -0.25) is 5.10 Å². The van der Waals surface area contributed by atoms with Gasteiger partial charge < -0.3 is 10.4 Å². The van der Waals surface area contributed by atoms with E-state index in [9.17, 15) is 5.11 Å². The van der Waals surface area contributed by atoms with Gasteiger partial charge in [0.15, 0.2) is 0 Å². The summed E-state index contributed by atoms with van der Waals surface area (Å²) in [5.41, 5.74) is 3.36. The number of aromatic nitrogens is 2. The number of aromatic amines is 1. The van der Waals surface area contributed by atoms with Gasteiger partial charge in [0.25, 0.3) is 0 Å². The largest absolute Gasteiger partial charge is 0.396 e. The van der Waals surface area contributed by atoms with Crippen molar-refractivity contribution in [3.05, 3.63) is 65.9 Å². The van der Waals surface area contributed by atoms with Crippen LogP contribution >= 0.6 is 0 Å². The summed E-state index contributed by atoms with van der Waals surface area (Å²) in [5.74, 6) is 0.240. The second kappa shape index (κ2) is 7.16. The topological polar surface area (TPSA) is 60.9 Å². The zero-order chi connectivity index (χ0) is 17.0. The maximum Gasteiger partial charge on any atom is 0.0695 e. The number of hydrogen-bond donors (Lipinski definition) is 3. The Morgan fingerprint density at radius 1 is 1.12 bits per heavy atom. The van der Waals surface area contributed by atoms with Gasteiger partial charge in [0, 0.05) is 31.0 Å². The predicted octanol–water partition coefficient (Wildman–Crippen LogP) is 3.45. The van der Waals surface area contributed by atoms with E-state index in [0.717, 1.165) is 24.0 Å². The molecule has 4 nitrogen and oxygen atoms in total. The van der Waals surface area contributed by atoms with Crippen molar-refractivity contribution in [1.29, 1.82) is 0 Å². The number of benzene rings is 2. The second-order valence-electron chi connectivity index (χ2n) is 6.99. The molecule has 0 spiro atoms. The lowest BCUT2D eigenvalue weighted by molar-refractivity contribution is 0.129. The maximum atomic E-state index is 9.81. The zero-order valence-electron chi connectivity index (χ0n) is 14.3. The maximum absolute atomic E-state index is 9.81. The van der Waals surface area contributed by atoms with Crippen molar-refractivity contribution in [1.82, 2.24) is 15.5 Å². The number of aliphatic hydroxyl groups is 1. The third-order valence-corrected chi connectivity index (χ3v) is 4.78. The third kappa shape index (κ3) is 3.50. The minimum atomic E-state index is -0.186. The van der Waals surface area contributed by atoms with Gasteiger partial charge in [-0.2, -0.15) is 5.10 Å². The highest BCUT2D eigenvalue weighted by Crippen LogP contribution is 2.34. The summed E-state index contributed by atoms with van der Waals surface area (Å²) in [6.07, 6.45) is 1.85. The molecule has 0 radical (unpaired) electrons. The number of H-pyrrole nitrogens is 1. The van der Waals surface area contributed by atoms with Gasteiger partial charge in [-0.05, 0) is 16.5 Å². The van der Waals surface area contributed by atoms with Crippen LogP contribution in [-0.4, -0.2) is 28.5 Å². The molecule has 4 heteroatoms. The molecule has 0 aliphatic heterocycles. The summed E-state index contributed by atoms with van der Waals surface area (Å²) in [7, 11) is 0. The molecule has 1 atom stereocenters. The number of hydrogen-bond acceptors (Lipinski definition) is 3. The monoisotopic (exact) mass is 323 g/mol. The van der Waals surface area contributed by atoms with Gasteiger partial charge in [-0.25, -0.2) is 0 Å². The lowest BCUT2D eigenvalue weighted by Gasteiger charge is -2.33. The van der Waals surface area contributed by atoms with E-state index in [2.05, 4.69) is 71.8 Å². The first kappa shape index (κ1) is 16.7. The number of nitrogens with zero attached hydrogens (tertiary/aromatic N) is 1. The normalized spacial score (nSPS) is 13.3. The standard InChI is InChI=1S/C20H25N3O/c1-20(2,14-24)18(15-7-4-3-5-8-15)13-21-11-16-9-6-10-17-12-22-23-19(16)17/h3-10,12,18,21,24H,11,13-14H2,1-2H3,(H,22,23). The Kier molecular flexibility index (Phi) is 4.97. The fourth-order valence-electron chi connectivity index (χ4n) is 3.17. The van der Waals surface area contributed by atoms with E-state index in [1.165, 1.54) is 11.1 Å². The first-order chi connectivity index (χ1) is 11.6. The van der Waals surface area contributed by atoms with Crippen LogP contribution in [0.4, 0.5) is 0 Å². The van der Waals surface area contributed by atoms with Crippen molar-refractivity contribution in [3.8, 4) is 0 Å². The van der Waals surface area contributed by atoms with E-state index in [4.69, 9.17) is 0 Å². The van der Waals surface area contributed by atoms with Crippen LogP contribution in [-0.2, 0) is 6.54 Å². The molecule has 24 heavy (non-hydrogen) atoms. The number of rotatable bonds is 7.